The summed E-state index contributed by atoms with van der Waals surface area (Å²) in [5.41, 5.74) is 5.20. The van der Waals surface area contributed by atoms with Gasteiger partial charge in [0, 0.05) is 32.6 Å². The van der Waals surface area contributed by atoms with Crippen LogP contribution < -0.4 is 4.90 Å². The van der Waals surface area contributed by atoms with Crippen molar-refractivity contribution in [2.45, 2.75) is 19.3 Å². The second-order valence-corrected chi connectivity index (χ2v) is 10.4. The number of hydrogen-bond acceptors (Lipinski definition) is 5. The number of benzene rings is 2. The van der Waals surface area contributed by atoms with Gasteiger partial charge in [0.25, 0.3) is 0 Å². The molecular weight excluding hydrogens is 474 g/mol. The molecular formula is C28H32ClN5S. The molecule has 0 aliphatic carbocycles. The van der Waals surface area contributed by atoms with Crippen LogP contribution in [-0.4, -0.2) is 58.3 Å². The topological polar surface area (TPSA) is 37.2 Å². The third-order valence-electron chi connectivity index (χ3n) is 7.02. The van der Waals surface area contributed by atoms with Gasteiger partial charge < -0.3 is 9.80 Å². The zero-order valence-corrected chi connectivity index (χ0v) is 22.0. The molecule has 0 N–H and O–H groups in total. The molecule has 1 fully saturated rings. The van der Waals surface area contributed by atoms with Crippen molar-refractivity contribution in [3.05, 3.63) is 77.4 Å². The molecule has 0 atom stereocenters. The summed E-state index contributed by atoms with van der Waals surface area (Å²) in [4.78, 5) is 14.3. The first-order chi connectivity index (χ1) is 17.1. The number of para-hydroxylation sites is 2. The molecule has 35 heavy (non-hydrogen) atoms. The highest BCUT2D eigenvalue weighted by Crippen LogP contribution is 2.36. The van der Waals surface area contributed by atoms with Gasteiger partial charge in [0.05, 0.1) is 21.7 Å². The van der Waals surface area contributed by atoms with Crippen LogP contribution in [0.3, 0.4) is 0 Å². The second kappa shape index (κ2) is 11.0. The maximum absolute atomic E-state index is 6.93. The molecule has 0 spiro atoms. The van der Waals surface area contributed by atoms with Gasteiger partial charge >= 0.3 is 0 Å². The number of nitrogens with zero attached hydrogens (tertiary/aromatic N) is 5. The van der Waals surface area contributed by atoms with Gasteiger partial charge in [0.1, 0.15) is 5.69 Å². The van der Waals surface area contributed by atoms with E-state index in [1.807, 2.05) is 36.7 Å². The number of piperidine rings is 1. The number of likely N-dealkylation sites (N-methyl/N-ethyl adjacent to an activating group) is 1. The predicted molar refractivity (Wildman–Crippen MR) is 149 cm³/mol. The Morgan fingerprint density at radius 1 is 1.03 bits per heavy atom. The third-order valence-corrected chi connectivity index (χ3v) is 8.13. The maximum atomic E-state index is 6.93. The SMILES string of the molecule is CSn1c(-c2nccc(N(C)CCN3CCC(Cc4ccccc4)CC3)c2Cl)nc2ccccc21. The number of fused-ring (bicyclic) bond motifs is 1. The van der Waals surface area contributed by atoms with Gasteiger partial charge in [0.15, 0.2) is 5.82 Å². The van der Waals surface area contributed by atoms with Crippen molar-refractivity contribution in [1.82, 2.24) is 18.8 Å². The van der Waals surface area contributed by atoms with Gasteiger partial charge in [-0.05, 0) is 74.0 Å². The first-order valence-corrected chi connectivity index (χ1v) is 13.8. The molecule has 1 aliphatic heterocycles. The molecule has 2 aromatic heterocycles. The molecule has 2 aromatic carbocycles. The van der Waals surface area contributed by atoms with Crippen molar-refractivity contribution >= 4 is 40.3 Å². The standard InChI is InChI=1S/C28H32ClN5S/c1-32(18-19-33-16-13-22(14-17-33)20-21-8-4-3-5-9-21)25-12-15-30-27(26(25)29)28-31-23-10-6-7-11-24(23)34(28)35-2/h3-12,15,22H,13-14,16-20H2,1-2H3. The minimum atomic E-state index is 0.655. The fourth-order valence-corrected chi connectivity index (χ4v) is 5.99. The highest BCUT2D eigenvalue weighted by Gasteiger charge is 2.22. The number of imidazole rings is 1. The Bertz CT molecular complexity index is 1270. The lowest BCUT2D eigenvalue weighted by Crippen LogP contribution is -2.39. The van der Waals surface area contributed by atoms with Crippen LogP contribution in [0.1, 0.15) is 18.4 Å². The van der Waals surface area contributed by atoms with Gasteiger partial charge in [-0.25, -0.2) is 4.98 Å². The molecule has 3 heterocycles. The Morgan fingerprint density at radius 3 is 2.54 bits per heavy atom. The van der Waals surface area contributed by atoms with E-state index in [2.05, 4.69) is 62.2 Å². The number of aromatic nitrogens is 3. The minimum Gasteiger partial charge on any atom is -0.372 e. The number of hydrogen-bond donors (Lipinski definition) is 0. The van der Waals surface area contributed by atoms with E-state index in [0.29, 0.717) is 5.02 Å². The molecule has 1 saturated heterocycles. The van der Waals surface area contributed by atoms with E-state index >= 15 is 0 Å². The van der Waals surface area contributed by atoms with Crippen molar-refractivity contribution in [1.29, 1.82) is 0 Å². The van der Waals surface area contributed by atoms with Crippen LogP contribution in [0.5, 0.6) is 0 Å². The van der Waals surface area contributed by atoms with Gasteiger partial charge in [-0.1, -0.05) is 54.1 Å². The lowest BCUT2D eigenvalue weighted by Gasteiger charge is -2.33. The van der Waals surface area contributed by atoms with Crippen molar-refractivity contribution < 1.29 is 0 Å². The normalized spacial score (nSPS) is 15.1. The van der Waals surface area contributed by atoms with Crippen LogP contribution >= 0.6 is 23.5 Å². The van der Waals surface area contributed by atoms with E-state index in [0.717, 1.165) is 47.2 Å². The van der Waals surface area contributed by atoms with Crippen LogP contribution in [-0.2, 0) is 6.42 Å². The Morgan fingerprint density at radius 2 is 1.77 bits per heavy atom. The lowest BCUT2D eigenvalue weighted by atomic mass is 9.90. The van der Waals surface area contributed by atoms with E-state index in [9.17, 15) is 0 Å². The smallest absolute Gasteiger partial charge is 0.171 e. The number of anilines is 1. The summed E-state index contributed by atoms with van der Waals surface area (Å²) in [6.07, 6.45) is 7.62. The van der Waals surface area contributed by atoms with Gasteiger partial charge in [-0.15, -0.1) is 0 Å². The summed E-state index contributed by atoms with van der Waals surface area (Å²) in [6.45, 7) is 4.29. The average molecular weight is 506 g/mol. The first kappa shape index (κ1) is 24.2. The van der Waals surface area contributed by atoms with E-state index in [1.54, 1.807) is 11.9 Å². The molecule has 1 aliphatic rings. The molecule has 182 valence electrons. The zero-order valence-electron chi connectivity index (χ0n) is 20.4. The fraction of sp³-hybridized carbons (Fsp3) is 0.357. The lowest BCUT2D eigenvalue weighted by molar-refractivity contribution is 0.188. The molecule has 5 rings (SSSR count). The summed E-state index contributed by atoms with van der Waals surface area (Å²) < 4.78 is 2.10. The van der Waals surface area contributed by atoms with Crippen molar-refractivity contribution in [3.8, 4) is 11.5 Å². The molecule has 0 unspecified atom stereocenters. The number of halogens is 1. The Balaban J connectivity index is 1.23. The number of rotatable bonds is 8. The molecule has 0 bridgehead atoms. The van der Waals surface area contributed by atoms with Crippen molar-refractivity contribution in [2.24, 2.45) is 5.92 Å². The van der Waals surface area contributed by atoms with E-state index in [1.165, 1.54) is 37.9 Å². The predicted octanol–water partition coefficient (Wildman–Crippen LogP) is 6.27. The summed E-state index contributed by atoms with van der Waals surface area (Å²) in [6, 6.07) is 21.0. The average Bonchev–Trinajstić information content (AvgIpc) is 3.27. The molecule has 4 aromatic rings. The van der Waals surface area contributed by atoms with E-state index < -0.39 is 0 Å². The Labute approximate surface area is 217 Å². The maximum Gasteiger partial charge on any atom is 0.171 e. The molecule has 0 amide bonds. The van der Waals surface area contributed by atoms with Crippen LogP contribution in [0.15, 0.2) is 66.9 Å². The first-order valence-electron chi connectivity index (χ1n) is 12.3. The summed E-state index contributed by atoms with van der Waals surface area (Å²) >= 11 is 8.55. The number of likely N-dealkylation sites (tertiary alicyclic amines) is 1. The summed E-state index contributed by atoms with van der Waals surface area (Å²) in [5, 5.41) is 0.655. The monoisotopic (exact) mass is 505 g/mol. The molecule has 0 radical (unpaired) electrons. The highest BCUT2D eigenvalue weighted by atomic mass is 35.5. The molecule has 0 saturated carbocycles. The van der Waals surface area contributed by atoms with E-state index in [4.69, 9.17) is 16.6 Å². The second-order valence-electron chi connectivity index (χ2n) is 9.29. The van der Waals surface area contributed by atoms with Crippen LogP contribution in [0, 0.1) is 5.92 Å². The fourth-order valence-electron chi connectivity index (χ4n) is 5.00. The van der Waals surface area contributed by atoms with Crippen LogP contribution in [0.25, 0.3) is 22.6 Å². The zero-order chi connectivity index (χ0) is 24.2. The Hall–Kier alpha value is -2.54. The summed E-state index contributed by atoms with van der Waals surface area (Å²) in [5.74, 6) is 1.58. The van der Waals surface area contributed by atoms with E-state index in [-0.39, 0.29) is 0 Å². The minimum absolute atomic E-state index is 0.655. The highest BCUT2D eigenvalue weighted by molar-refractivity contribution is 7.97. The van der Waals surface area contributed by atoms with Crippen LogP contribution in [0.2, 0.25) is 5.02 Å². The largest absolute Gasteiger partial charge is 0.372 e. The van der Waals surface area contributed by atoms with Crippen LogP contribution in [0.4, 0.5) is 5.69 Å². The van der Waals surface area contributed by atoms with Gasteiger partial charge in [0.2, 0.25) is 0 Å². The van der Waals surface area contributed by atoms with Crippen molar-refractivity contribution in [3.63, 3.8) is 0 Å². The van der Waals surface area contributed by atoms with Gasteiger partial charge in [-0.2, -0.15) is 0 Å². The number of pyridine rings is 1. The molecule has 5 nitrogen and oxygen atoms in total. The summed E-state index contributed by atoms with van der Waals surface area (Å²) in [7, 11) is 2.12. The molecule has 7 heteroatoms. The third kappa shape index (κ3) is 5.35. The quantitative estimate of drug-likeness (QED) is 0.282. The van der Waals surface area contributed by atoms with Gasteiger partial charge in [-0.3, -0.25) is 8.96 Å². The van der Waals surface area contributed by atoms with Crippen molar-refractivity contribution in [2.75, 3.05) is 44.4 Å². The Kier molecular flexibility index (Phi) is 7.61.